The molecule has 0 aromatic rings. The second kappa shape index (κ2) is 2.87. The molecule has 1 fully saturated rings. The Balaban J connectivity index is 2.58. The van der Waals surface area contributed by atoms with Gasteiger partial charge < -0.3 is 4.74 Å². The maximum absolute atomic E-state index is 12.5. The van der Waals surface area contributed by atoms with Crippen molar-refractivity contribution in [1.29, 1.82) is 0 Å². The van der Waals surface area contributed by atoms with Crippen LogP contribution in [0.5, 0.6) is 0 Å². The molecule has 0 saturated carbocycles. The van der Waals surface area contributed by atoms with Crippen molar-refractivity contribution >= 4 is 0 Å². The number of hydrogen-bond acceptors (Lipinski definition) is 1. The molecule has 1 rings (SSSR count). The Hall–Kier alpha value is -0.110. The molecule has 1 atom stereocenters. The number of halogens is 1. The van der Waals surface area contributed by atoms with E-state index in [0.29, 0.717) is 12.5 Å². The van der Waals surface area contributed by atoms with Crippen LogP contribution in [0.1, 0.15) is 20.3 Å². The van der Waals surface area contributed by atoms with E-state index in [9.17, 15) is 4.39 Å². The van der Waals surface area contributed by atoms with E-state index in [1.807, 2.05) is 0 Å². The van der Waals surface area contributed by atoms with Crippen molar-refractivity contribution in [3.63, 3.8) is 0 Å². The number of ether oxygens (including phenoxy) is 1. The highest BCUT2D eigenvalue weighted by Gasteiger charge is 2.37. The average molecular weight is 146 g/mol. The molecule has 10 heavy (non-hydrogen) atoms. The van der Waals surface area contributed by atoms with E-state index in [1.165, 1.54) is 0 Å². The first-order valence-corrected chi connectivity index (χ1v) is 3.85. The van der Waals surface area contributed by atoms with Gasteiger partial charge in [0.15, 0.2) is 0 Å². The van der Waals surface area contributed by atoms with E-state index >= 15 is 0 Å². The monoisotopic (exact) mass is 146 g/mol. The van der Waals surface area contributed by atoms with Gasteiger partial charge in [0.2, 0.25) is 0 Å². The fourth-order valence-corrected chi connectivity index (χ4v) is 1.34. The molecule has 1 nitrogen and oxygen atoms in total. The molecular formula is C8H15FO. The summed E-state index contributed by atoms with van der Waals surface area (Å²) in [6.07, 6.45) is 0.890. The predicted octanol–water partition coefficient (Wildman–Crippen LogP) is 2.02. The topological polar surface area (TPSA) is 9.23 Å². The molecule has 0 radical (unpaired) electrons. The summed E-state index contributed by atoms with van der Waals surface area (Å²) >= 11 is 0. The molecular weight excluding hydrogens is 131 g/mol. The molecule has 0 spiro atoms. The van der Waals surface area contributed by atoms with Gasteiger partial charge in [-0.05, 0) is 12.3 Å². The minimum absolute atomic E-state index is 0.153. The number of rotatable bonds is 2. The van der Waals surface area contributed by atoms with Gasteiger partial charge in [0.25, 0.3) is 0 Å². The Bertz CT molecular complexity index is 106. The van der Waals surface area contributed by atoms with Crippen molar-refractivity contribution in [2.45, 2.75) is 20.3 Å². The maximum atomic E-state index is 12.5. The Labute approximate surface area is 61.6 Å². The van der Waals surface area contributed by atoms with E-state index in [2.05, 4.69) is 13.8 Å². The Morgan fingerprint density at radius 3 is 2.50 bits per heavy atom. The highest BCUT2D eigenvalue weighted by atomic mass is 19.1. The van der Waals surface area contributed by atoms with Crippen molar-refractivity contribution in [3.05, 3.63) is 0 Å². The molecule has 1 saturated heterocycles. The molecule has 60 valence electrons. The molecule has 0 amide bonds. The smallest absolute Gasteiger partial charge is 0.0976 e. The lowest BCUT2D eigenvalue weighted by atomic mass is 9.78. The third-order valence-corrected chi connectivity index (χ3v) is 2.62. The maximum Gasteiger partial charge on any atom is 0.0976 e. The van der Waals surface area contributed by atoms with Gasteiger partial charge in [0.1, 0.15) is 0 Å². The van der Waals surface area contributed by atoms with E-state index in [4.69, 9.17) is 4.74 Å². The molecule has 1 unspecified atom stereocenters. The lowest BCUT2D eigenvalue weighted by Gasteiger charge is -2.27. The van der Waals surface area contributed by atoms with Gasteiger partial charge in [-0.25, -0.2) is 0 Å². The Kier molecular flexibility index (Phi) is 2.29. The Morgan fingerprint density at radius 2 is 2.30 bits per heavy atom. The van der Waals surface area contributed by atoms with Gasteiger partial charge in [0.05, 0.1) is 13.3 Å². The van der Waals surface area contributed by atoms with Crippen molar-refractivity contribution in [3.8, 4) is 0 Å². The van der Waals surface area contributed by atoms with Crippen LogP contribution in [0.25, 0.3) is 0 Å². The first-order valence-electron chi connectivity index (χ1n) is 3.85. The number of alkyl halides is 1. The first kappa shape index (κ1) is 7.99. The Morgan fingerprint density at radius 1 is 1.60 bits per heavy atom. The second-order valence-corrected chi connectivity index (χ2v) is 3.45. The minimum atomic E-state index is -0.231. The van der Waals surface area contributed by atoms with Crippen LogP contribution in [0.15, 0.2) is 0 Å². The van der Waals surface area contributed by atoms with Crippen molar-refractivity contribution in [2.75, 3.05) is 19.9 Å². The molecule has 0 aromatic heterocycles. The van der Waals surface area contributed by atoms with Crippen LogP contribution in [-0.4, -0.2) is 19.9 Å². The lowest BCUT2D eigenvalue weighted by Crippen LogP contribution is -2.29. The van der Waals surface area contributed by atoms with Gasteiger partial charge in [-0.3, -0.25) is 4.39 Å². The summed E-state index contributed by atoms with van der Waals surface area (Å²) in [5.74, 6) is 0.403. The van der Waals surface area contributed by atoms with Crippen LogP contribution in [0.3, 0.4) is 0 Å². The van der Waals surface area contributed by atoms with Crippen LogP contribution in [0.2, 0.25) is 0 Å². The molecule has 1 heterocycles. The third-order valence-electron chi connectivity index (χ3n) is 2.62. The minimum Gasteiger partial charge on any atom is -0.381 e. The van der Waals surface area contributed by atoms with Gasteiger partial charge in [0, 0.05) is 12.0 Å². The van der Waals surface area contributed by atoms with Crippen molar-refractivity contribution in [2.24, 2.45) is 11.3 Å². The van der Waals surface area contributed by atoms with Crippen molar-refractivity contribution < 1.29 is 9.13 Å². The van der Waals surface area contributed by atoms with Crippen LogP contribution < -0.4 is 0 Å². The summed E-state index contributed by atoms with van der Waals surface area (Å²) in [6.45, 7) is 5.25. The summed E-state index contributed by atoms with van der Waals surface area (Å²) in [7, 11) is 0. The van der Waals surface area contributed by atoms with Crippen LogP contribution in [0.4, 0.5) is 4.39 Å². The largest absolute Gasteiger partial charge is 0.381 e. The highest BCUT2D eigenvalue weighted by Crippen LogP contribution is 2.36. The first-order chi connectivity index (χ1) is 4.71. The summed E-state index contributed by atoms with van der Waals surface area (Å²) in [4.78, 5) is 0. The molecule has 0 aliphatic carbocycles. The normalized spacial score (nSPS) is 33.6. The van der Waals surface area contributed by atoms with Crippen LogP contribution >= 0.6 is 0 Å². The predicted molar refractivity (Wildman–Crippen MR) is 38.7 cm³/mol. The van der Waals surface area contributed by atoms with E-state index in [0.717, 1.165) is 13.0 Å². The second-order valence-electron chi connectivity index (χ2n) is 3.45. The summed E-state index contributed by atoms with van der Waals surface area (Å²) < 4.78 is 17.7. The zero-order valence-corrected chi connectivity index (χ0v) is 6.69. The molecule has 2 heteroatoms. The summed E-state index contributed by atoms with van der Waals surface area (Å²) in [6, 6.07) is 0. The summed E-state index contributed by atoms with van der Waals surface area (Å²) in [5.41, 5.74) is -0.153. The van der Waals surface area contributed by atoms with Gasteiger partial charge >= 0.3 is 0 Å². The van der Waals surface area contributed by atoms with Crippen LogP contribution in [-0.2, 0) is 4.74 Å². The van der Waals surface area contributed by atoms with E-state index in [1.54, 1.807) is 0 Å². The van der Waals surface area contributed by atoms with Crippen molar-refractivity contribution in [1.82, 2.24) is 0 Å². The number of hydrogen-bond donors (Lipinski definition) is 0. The van der Waals surface area contributed by atoms with E-state index in [-0.39, 0.29) is 12.1 Å². The molecule has 1 aliphatic rings. The molecule has 0 N–H and O–H groups in total. The zero-order valence-electron chi connectivity index (χ0n) is 6.69. The summed E-state index contributed by atoms with van der Waals surface area (Å²) in [5, 5.41) is 0. The average Bonchev–Trinajstić information content (AvgIpc) is 2.35. The molecule has 1 aliphatic heterocycles. The third kappa shape index (κ3) is 1.17. The molecule has 0 aromatic carbocycles. The van der Waals surface area contributed by atoms with Gasteiger partial charge in [-0.15, -0.1) is 0 Å². The quantitative estimate of drug-likeness (QED) is 0.579. The standard InChI is InChI=1S/C8H15FO/c1-7(2)8(5-9)3-4-10-6-8/h7H,3-6H2,1-2H3. The van der Waals surface area contributed by atoms with Crippen LogP contribution in [0, 0.1) is 11.3 Å². The van der Waals surface area contributed by atoms with Gasteiger partial charge in [-0.1, -0.05) is 13.8 Å². The lowest BCUT2D eigenvalue weighted by molar-refractivity contribution is 0.0938. The fourth-order valence-electron chi connectivity index (χ4n) is 1.34. The zero-order chi connectivity index (χ0) is 7.61. The fraction of sp³-hybridized carbons (Fsp3) is 1.00. The van der Waals surface area contributed by atoms with E-state index < -0.39 is 0 Å². The SMILES string of the molecule is CC(C)C1(CF)CCOC1. The van der Waals surface area contributed by atoms with Gasteiger partial charge in [-0.2, -0.15) is 0 Å². The molecule has 0 bridgehead atoms. The highest BCUT2D eigenvalue weighted by molar-refractivity contribution is 4.85.